The maximum Gasteiger partial charge on any atom is 0.341 e. The Kier molecular flexibility index (Phi) is 4.69. The molecule has 0 N–H and O–H groups in total. The quantitative estimate of drug-likeness (QED) is 0.750. The van der Waals surface area contributed by atoms with Gasteiger partial charge in [0.1, 0.15) is 5.56 Å². The average molecular weight is 234 g/mol. The van der Waals surface area contributed by atoms with E-state index in [1.54, 1.807) is 19.1 Å². The first-order valence-electron chi connectivity index (χ1n) is 5.84. The molecule has 0 saturated heterocycles. The van der Waals surface area contributed by atoms with Crippen LogP contribution in [0.25, 0.3) is 5.65 Å². The number of nitrogens with zero attached hydrogens (tertiary/aromatic N) is 2. The molecule has 0 aliphatic carbocycles. The van der Waals surface area contributed by atoms with Crippen molar-refractivity contribution in [1.82, 2.24) is 9.38 Å². The second-order valence-electron chi connectivity index (χ2n) is 3.26. The van der Waals surface area contributed by atoms with E-state index in [-0.39, 0.29) is 5.97 Å². The Morgan fingerprint density at radius 2 is 2.18 bits per heavy atom. The fourth-order valence-electron chi connectivity index (χ4n) is 1.50. The van der Waals surface area contributed by atoms with Crippen LogP contribution in [-0.4, -0.2) is 22.0 Å². The first-order valence-corrected chi connectivity index (χ1v) is 5.84. The molecule has 0 unspecified atom stereocenters. The first-order chi connectivity index (χ1) is 8.22. The SMILES string of the molecule is CC.CCOC(=O)c1cccn2cc(C)nc12. The Labute approximate surface area is 101 Å². The number of hydrogen-bond acceptors (Lipinski definition) is 3. The molecule has 0 atom stereocenters. The standard InChI is InChI=1S/C11H12N2O2.C2H6/c1-3-15-11(14)9-5-4-6-13-7-8(2)12-10(9)13;1-2/h4-7H,3H2,1-2H3;1-2H3. The largest absolute Gasteiger partial charge is 0.462 e. The Hall–Kier alpha value is -1.84. The molecule has 2 heterocycles. The summed E-state index contributed by atoms with van der Waals surface area (Å²) in [5.74, 6) is -0.325. The average Bonchev–Trinajstić information content (AvgIpc) is 2.71. The van der Waals surface area contributed by atoms with Crippen LogP contribution in [-0.2, 0) is 4.74 Å². The summed E-state index contributed by atoms with van der Waals surface area (Å²) in [5.41, 5.74) is 2.03. The molecule has 0 aromatic carbocycles. The zero-order chi connectivity index (χ0) is 12.8. The summed E-state index contributed by atoms with van der Waals surface area (Å²) in [7, 11) is 0. The molecular weight excluding hydrogens is 216 g/mol. The van der Waals surface area contributed by atoms with Gasteiger partial charge in [-0.2, -0.15) is 0 Å². The number of fused-ring (bicyclic) bond motifs is 1. The number of imidazole rings is 1. The van der Waals surface area contributed by atoms with Crippen LogP contribution in [0.5, 0.6) is 0 Å². The van der Waals surface area contributed by atoms with Crippen molar-refractivity contribution in [3.8, 4) is 0 Å². The van der Waals surface area contributed by atoms with Gasteiger partial charge in [0.2, 0.25) is 0 Å². The van der Waals surface area contributed by atoms with Gasteiger partial charge in [-0.3, -0.25) is 0 Å². The number of aryl methyl sites for hydroxylation is 1. The lowest BCUT2D eigenvalue weighted by molar-refractivity contribution is 0.0528. The number of hydrogen-bond donors (Lipinski definition) is 0. The van der Waals surface area contributed by atoms with Gasteiger partial charge in [0.25, 0.3) is 0 Å². The second-order valence-corrected chi connectivity index (χ2v) is 3.26. The Morgan fingerprint density at radius 1 is 1.47 bits per heavy atom. The van der Waals surface area contributed by atoms with Gasteiger partial charge in [-0.15, -0.1) is 0 Å². The van der Waals surface area contributed by atoms with Crippen molar-refractivity contribution in [2.24, 2.45) is 0 Å². The monoisotopic (exact) mass is 234 g/mol. The van der Waals surface area contributed by atoms with Crippen LogP contribution in [0.2, 0.25) is 0 Å². The summed E-state index contributed by atoms with van der Waals surface area (Å²) in [6, 6.07) is 3.53. The third-order valence-electron chi connectivity index (χ3n) is 2.10. The van der Waals surface area contributed by atoms with Gasteiger partial charge in [0, 0.05) is 12.4 Å². The molecule has 2 rings (SSSR count). The number of carbonyl (C=O) groups is 1. The number of pyridine rings is 1. The van der Waals surface area contributed by atoms with Crippen molar-refractivity contribution in [3.63, 3.8) is 0 Å². The van der Waals surface area contributed by atoms with Crippen molar-refractivity contribution < 1.29 is 9.53 Å². The van der Waals surface area contributed by atoms with Crippen LogP contribution in [0.3, 0.4) is 0 Å². The third-order valence-corrected chi connectivity index (χ3v) is 2.10. The molecule has 0 bridgehead atoms. The molecule has 2 aromatic rings. The van der Waals surface area contributed by atoms with E-state index in [4.69, 9.17) is 4.74 Å². The number of rotatable bonds is 2. The number of ether oxygens (including phenoxy) is 1. The highest BCUT2D eigenvalue weighted by molar-refractivity contribution is 5.95. The fraction of sp³-hybridized carbons (Fsp3) is 0.385. The van der Waals surface area contributed by atoms with Crippen molar-refractivity contribution >= 4 is 11.6 Å². The fourth-order valence-corrected chi connectivity index (χ4v) is 1.50. The van der Waals surface area contributed by atoms with Crippen LogP contribution in [0, 0.1) is 6.92 Å². The van der Waals surface area contributed by atoms with E-state index < -0.39 is 0 Å². The van der Waals surface area contributed by atoms with Crippen LogP contribution in [0.1, 0.15) is 36.8 Å². The minimum Gasteiger partial charge on any atom is -0.462 e. The molecule has 2 aromatic heterocycles. The summed E-state index contributed by atoms with van der Waals surface area (Å²) in [5, 5.41) is 0. The molecule has 0 radical (unpaired) electrons. The van der Waals surface area contributed by atoms with E-state index in [1.165, 1.54) is 0 Å². The van der Waals surface area contributed by atoms with Gasteiger partial charge in [-0.1, -0.05) is 13.8 Å². The molecule has 0 saturated carbocycles. The smallest absolute Gasteiger partial charge is 0.341 e. The minimum absolute atomic E-state index is 0.325. The predicted octanol–water partition coefficient (Wildman–Crippen LogP) is 2.85. The normalized spacial score (nSPS) is 9.65. The van der Waals surface area contributed by atoms with Gasteiger partial charge >= 0.3 is 5.97 Å². The van der Waals surface area contributed by atoms with Crippen LogP contribution in [0.15, 0.2) is 24.5 Å². The molecule has 4 nitrogen and oxygen atoms in total. The van der Waals surface area contributed by atoms with Crippen molar-refractivity contribution in [3.05, 3.63) is 35.8 Å². The van der Waals surface area contributed by atoms with Crippen molar-refractivity contribution in [2.75, 3.05) is 6.61 Å². The minimum atomic E-state index is -0.325. The number of carbonyl (C=O) groups excluding carboxylic acids is 1. The highest BCUT2D eigenvalue weighted by Crippen LogP contribution is 2.11. The van der Waals surface area contributed by atoms with Crippen molar-refractivity contribution in [1.29, 1.82) is 0 Å². The lowest BCUT2D eigenvalue weighted by Gasteiger charge is -2.02. The zero-order valence-corrected chi connectivity index (χ0v) is 10.7. The van der Waals surface area contributed by atoms with Gasteiger partial charge in [-0.05, 0) is 26.0 Å². The molecule has 0 fully saturated rings. The zero-order valence-electron chi connectivity index (χ0n) is 10.7. The molecule has 4 heteroatoms. The van der Waals surface area contributed by atoms with E-state index in [9.17, 15) is 4.79 Å². The maximum atomic E-state index is 11.6. The maximum absolute atomic E-state index is 11.6. The molecule has 0 spiro atoms. The Morgan fingerprint density at radius 3 is 2.82 bits per heavy atom. The summed E-state index contributed by atoms with van der Waals surface area (Å²) in [6.07, 6.45) is 3.73. The van der Waals surface area contributed by atoms with Gasteiger partial charge in [0.15, 0.2) is 5.65 Å². The highest BCUT2D eigenvalue weighted by atomic mass is 16.5. The molecule has 17 heavy (non-hydrogen) atoms. The van der Waals surface area contributed by atoms with Crippen LogP contribution in [0.4, 0.5) is 0 Å². The first kappa shape index (κ1) is 13.2. The van der Waals surface area contributed by atoms with Gasteiger partial charge < -0.3 is 9.14 Å². The van der Waals surface area contributed by atoms with Crippen molar-refractivity contribution in [2.45, 2.75) is 27.7 Å². The number of esters is 1. The Bertz CT molecular complexity index is 503. The number of aromatic nitrogens is 2. The predicted molar refractivity (Wildman–Crippen MR) is 67.2 cm³/mol. The van der Waals surface area contributed by atoms with Crippen LogP contribution < -0.4 is 0 Å². The Balaban J connectivity index is 0.000000686. The molecule has 0 aliphatic rings. The van der Waals surface area contributed by atoms with E-state index in [1.807, 2.05) is 37.6 Å². The van der Waals surface area contributed by atoms with Crippen LogP contribution >= 0.6 is 0 Å². The van der Waals surface area contributed by atoms with E-state index in [0.717, 1.165) is 5.69 Å². The summed E-state index contributed by atoms with van der Waals surface area (Å²) >= 11 is 0. The van der Waals surface area contributed by atoms with Gasteiger partial charge in [0.05, 0.1) is 12.3 Å². The van der Waals surface area contributed by atoms with E-state index >= 15 is 0 Å². The third kappa shape index (κ3) is 2.84. The summed E-state index contributed by atoms with van der Waals surface area (Å²) in [4.78, 5) is 15.9. The summed E-state index contributed by atoms with van der Waals surface area (Å²) < 4.78 is 6.77. The highest BCUT2D eigenvalue weighted by Gasteiger charge is 2.12. The molecule has 0 amide bonds. The summed E-state index contributed by atoms with van der Waals surface area (Å²) in [6.45, 7) is 8.05. The van der Waals surface area contributed by atoms with E-state index in [0.29, 0.717) is 17.8 Å². The second kappa shape index (κ2) is 6.03. The lowest BCUT2D eigenvalue weighted by Crippen LogP contribution is -2.06. The molecule has 92 valence electrons. The van der Waals surface area contributed by atoms with E-state index in [2.05, 4.69) is 4.98 Å². The van der Waals surface area contributed by atoms with Gasteiger partial charge in [-0.25, -0.2) is 9.78 Å². The molecular formula is C13H18N2O2. The lowest BCUT2D eigenvalue weighted by atomic mass is 10.3. The molecule has 0 aliphatic heterocycles. The topological polar surface area (TPSA) is 43.6 Å².